The Morgan fingerprint density at radius 2 is 2.25 bits per heavy atom. The van der Waals surface area contributed by atoms with E-state index in [0.29, 0.717) is 11.3 Å². The molecule has 1 atom stereocenters. The Hall–Kier alpha value is -1.40. The van der Waals surface area contributed by atoms with Gasteiger partial charge in [0.05, 0.1) is 19.3 Å². The van der Waals surface area contributed by atoms with Crippen molar-refractivity contribution in [2.45, 2.75) is 25.9 Å². The van der Waals surface area contributed by atoms with Crippen molar-refractivity contribution in [3.8, 4) is 5.75 Å². The van der Waals surface area contributed by atoms with E-state index in [9.17, 15) is 4.39 Å². The lowest BCUT2D eigenvalue weighted by Gasteiger charge is -2.17. The van der Waals surface area contributed by atoms with Crippen LogP contribution in [0, 0.1) is 5.82 Å². The standard InChI is InChI=1S/C14H17BrFN3O/c1-3-6-19-14(12(20-2)8-18-19)13(17)10-7-9(16)4-5-11(10)15/h4-5,7-8,13H,3,6,17H2,1-2H3. The van der Waals surface area contributed by atoms with Crippen LogP contribution in [0.25, 0.3) is 0 Å². The maximum atomic E-state index is 13.5. The monoisotopic (exact) mass is 341 g/mol. The molecule has 0 bridgehead atoms. The van der Waals surface area contributed by atoms with E-state index >= 15 is 0 Å². The van der Waals surface area contributed by atoms with Crippen LogP contribution in [0.4, 0.5) is 4.39 Å². The van der Waals surface area contributed by atoms with Gasteiger partial charge in [0, 0.05) is 11.0 Å². The Bertz CT molecular complexity index is 600. The summed E-state index contributed by atoms with van der Waals surface area (Å²) in [6.45, 7) is 2.79. The summed E-state index contributed by atoms with van der Waals surface area (Å²) in [7, 11) is 1.57. The SMILES string of the molecule is CCCn1ncc(OC)c1C(N)c1cc(F)ccc1Br. The average Bonchev–Trinajstić information content (AvgIpc) is 2.84. The first-order chi connectivity index (χ1) is 9.58. The quantitative estimate of drug-likeness (QED) is 0.908. The fraction of sp³-hybridized carbons (Fsp3) is 0.357. The van der Waals surface area contributed by atoms with Crippen LogP contribution in [-0.2, 0) is 6.54 Å². The second-order valence-electron chi connectivity index (χ2n) is 4.46. The van der Waals surface area contributed by atoms with Crippen molar-refractivity contribution in [1.29, 1.82) is 0 Å². The predicted molar refractivity (Wildman–Crippen MR) is 79.2 cm³/mol. The molecule has 6 heteroatoms. The summed E-state index contributed by atoms with van der Waals surface area (Å²) in [6, 6.07) is 3.96. The highest BCUT2D eigenvalue weighted by atomic mass is 79.9. The molecule has 108 valence electrons. The molecular weight excluding hydrogens is 325 g/mol. The maximum absolute atomic E-state index is 13.5. The van der Waals surface area contributed by atoms with Crippen molar-refractivity contribution in [2.24, 2.45) is 5.73 Å². The average molecular weight is 342 g/mol. The highest BCUT2D eigenvalue weighted by Gasteiger charge is 2.22. The molecule has 0 aliphatic heterocycles. The Morgan fingerprint density at radius 1 is 1.50 bits per heavy atom. The molecule has 1 aromatic carbocycles. The smallest absolute Gasteiger partial charge is 0.161 e. The van der Waals surface area contributed by atoms with Crippen molar-refractivity contribution >= 4 is 15.9 Å². The van der Waals surface area contributed by atoms with Crippen molar-refractivity contribution in [2.75, 3.05) is 7.11 Å². The molecule has 1 heterocycles. The third-order valence-corrected chi connectivity index (χ3v) is 3.81. The summed E-state index contributed by atoms with van der Waals surface area (Å²) in [4.78, 5) is 0. The van der Waals surface area contributed by atoms with Crippen molar-refractivity contribution in [3.63, 3.8) is 0 Å². The van der Waals surface area contributed by atoms with Gasteiger partial charge >= 0.3 is 0 Å². The van der Waals surface area contributed by atoms with Crippen LogP contribution in [-0.4, -0.2) is 16.9 Å². The fourth-order valence-electron chi connectivity index (χ4n) is 2.14. The molecule has 2 rings (SSSR count). The number of methoxy groups -OCH3 is 1. The number of ether oxygens (including phenoxy) is 1. The number of nitrogens with two attached hydrogens (primary N) is 1. The molecule has 0 saturated carbocycles. The molecule has 0 fully saturated rings. The van der Waals surface area contributed by atoms with Gasteiger partial charge in [0.2, 0.25) is 0 Å². The van der Waals surface area contributed by atoms with Gasteiger partial charge in [0.15, 0.2) is 5.75 Å². The van der Waals surface area contributed by atoms with Gasteiger partial charge < -0.3 is 10.5 Å². The van der Waals surface area contributed by atoms with Crippen LogP contribution in [0.15, 0.2) is 28.9 Å². The van der Waals surface area contributed by atoms with E-state index in [2.05, 4.69) is 28.0 Å². The second-order valence-corrected chi connectivity index (χ2v) is 5.32. The van der Waals surface area contributed by atoms with Crippen molar-refractivity contribution in [3.05, 3.63) is 45.9 Å². The molecule has 0 spiro atoms. The molecule has 4 nitrogen and oxygen atoms in total. The number of benzene rings is 1. The number of hydrogen-bond acceptors (Lipinski definition) is 3. The van der Waals surface area contributed by atoms with Crippen LogP contribution in [0.5, 0.6) is 5.75 Å². The molecule has 2 aromatic rings. The third-order valence-electron chi connectivity index (χ3n) is 3.09. The zero-order valence-electron chi connectivity index (χ0n) is 11.4. The molecule has 0 saturated heterocycles. The first-order valence-corrected chi connectivity index (χ1v) is 7.18. The van der Waals surface area contributed by atoms with Gasteiger partial charge in [-0.05, 0) is 30.2 Å². The Balaban J connectivity index is 2.48. The van der Waals surface area contributed by atoms with Crippen molar-refractivity contribution in [1.82, 2.24) is 9.78 Å². The predicted octanol–water partition coefficient (Wildman–Crippen LogP) is 3.25. The highest BCUT2D eigenvalue weighted by Crippen LogP contribution is 2.32. The number of aryl methyl sites for hydroxylation is 1. The lowest BCUT2D eigenvalue weighted by molar-refractivity contribution is 0.403. The molecular formula is C14H17BrFN3O. The van der Waals surface area contributed by atoms with Gasteiger partial charge in [-0.3, -0.25) is 4.68 Å². The molecule has 2 N–H and O–H groups in total. The summed E-state index contributed by atoms with van der Waals surface area (Å²) >= 11 is 3.41. The molecule has 0 aliphatic carbocycles. The first-order valence-electron chi connectivity index (χ1n) is 6.38. The topological polar surface area (TPSA) is 53.1 Å². The van der Waals surface area contributed by atoms with E-state index in [-0.39, 0.29) is 5.82 Å². The Morgan fingerprint density at radius 3 is 2.90 bits per heavy atom. The van der Waals surface area contributed by atoms with Crippen LogP contribution in [0.2, 0.25) is 0 Å². The Kier molecular flexibility index (Phi) is 4.77. The second kappa shape index (κ2) is 6.37. The molecule has 0 amide bonds. The number of halogens is 2. The van der Waals surface area contributed by atoms with Crippen LogP contribution >= 0.6 is 15.9 Å². The van der Waals surface area contributed by atoms with E-state index in [1.54, 1.807) is 24.1 Å². The summed E-state index contributed by atoms with van der Waals surface area (Å²) in [5.74, 6) is 0.293. The Labute approximate surface area is 125 Å². The summed E-state index contributed by atoms with van der Waals surface area (Å²) in [5, 5.41) is 4.28. The van der Waals surface area contributed by atoms with Gasteiger partial charge in [-0.15, -0.1) is 0 Å². The van der Waals surface area contributed by atoms with Crippen LogP contribution < -0.4 is 10.5 Å². The third kappa shape index (κ3) is 2.86. The zero-order chi connectivity index (χ0) is 14.7. The normalized spacial score (nSPS) is 12.4. The first kappa shape index (κ1) is 15.0. The largest absolute Gasteiger partial charge is 0.493 e. The fourth-order valence-corrected chi connectivity index (χ4v) is 2.63. The summed E-state index contributed by atoms with van der Waals surface area (Å²) in [6.07, 6.45) is 2.56. The lowest BCUT2D eigenvalue weighted by Crippen LogP contribution is -2.19. The molecule has 0 aliphatic rings. The van der Waals surface area contributed by atoms with Crippen LogP contribution in [0.3, 0.4) is 0 Å². The van der Waals surface area contributed by atoms with Crippen LogP contribution in [0.1, 0.15) is 30.6 Å². The summed E-state index contributed by atoms with van der Waals surface area (Å²) in [5.41, 5.74) is 7.72. The maximum Gasteiger partial charge on any atom is 0.161 e. The summed E-state index contributed by atoms with van der Waals surface area (Å²) < 4.78 is 21.3. The van der Waals surface area contributed by atoms with Gasteiger partial charge in [-0.25, -0.2) is 4.39 Å². The number of rotatable bonds is 5. The van der Waals surface area contributed by atoms with Gasteiger partial charge in [-0.2, -0.15) is 5.10 Å². The number of hydrogen-bond donors (Lipinski definition) is 1. The van der Waals surface area contributed by atoms with E-state index in [0.717, 1.165) is 23.1 Å². The minimum atomic E-state index is -0.510. The van der Waals surface area contributed by atoms with Crippen molar-refractivity contribution < 1.29 is 9.13 Å². The van der Waals surface area contributed by atoms with Gasteiger partial charge in [-0.1, -0.05) is 22.9 Å². The zero-order valence-corrected chi connectivity index (χ0v) is 13.0. The van der Waals surface area contributed by atoms with E-state index in [4.69, 9.17) is 10.5 Å². The highest BCUT2D eigenvalue weighted by molar-refractivity contribution is 9.10. The number of aromatic nitrogens is 2. The van der Waals surface area contributed by atoms with E-state index < -0.39 is 6.04 Å². The minimum Gasteiger partial charge on any atom is -0.493 e. The molecule has 0 radical (unpaired) electrons. The molecule has 20 heavy (non-hydrogen) atoms. The lowest BCUT2D eigenvalue weighted by atomic mass is 10.0. The van der Waals surface area contributed by atoms with E-state index in [1.165, 1.54) is 12.1 Å². The van der Waals surface area contributed by atoms with Gasteiger partial charge in [0.25, 0.3) is 0 Å². The minimum absolute atomic E-state index is 0.320. The molecule has 1 unspecified atom stereocenters. The van der Waals surface area contributed by atoms with Gasteiger partial charge in [0.1, 0.15) is 11.5 Å². The number of nitrogens with zero attached hydrogens (tertiary/aromatic N) is 2. The molecule has 1 aromatic heterocycles. The van der Waals surface area contributed by atoms with E-state index in [1.807, 2.05) is 0 Å².